The molecule has 112 valence electrons. The first kappa shape index (κ1) is 15.4. The second kappa shape index (κ2) is 5.45. The normalized spacial score (nSPS) is 12.1. The van der Waals surface area contributed by atoms with Gasteiger partial charge in [-0.05, 0) is 24.3 Å². The van der Waals surface area contributed by atoms with Crippen LogP contribution in [0.4, 0.5) is 0 Å². The average Bonchev–Trinajstić information content (AvgIpc) is 2.37. The number of hydrogen-bond donors (Lipinski definition) is 2. The Hall–Kier alpha value is -1.94. The maximum Gasteiger partial charge on any atom is 0.298 e. The molecule has 2 rings (SSSR count). The van der Waals surface area contributed by atoms with Crippen LogP contribution >= 0.6 is 0 Å². The van der Waals surface area contributed by atoms with Crippen LogP contribution in [0.3, 0.4) is 0 Å². The lowest BCUT2D eigenvalue weighted by Crippen LogP contribution is -2.04. The van der Waals surface area contributed by atoms with Gasteiger partial charge in [0.1, 0.15) is 21.3 Å². The molecule has 0 bridgehead atoms. The van der Waals surface area contributed by atoms with Crippen LogP contribution in [0.5, 0.6) is 11.5 Å². The molecule has 0 aliphatic carbocycles. The molecule has 0 aliphatic rings. The zero-order valence-corrected chi connectivity index (χ0v) is 12.0. The maximum absolute atomic E-state index is 11.2. The average molecular weight is 330 g/mol. The van der Waals surface area contributed by atoms with Crippen molar-refractivity contribution in [2.75, 3.05) is 0 Å². The van der Waals surface area contributed by atoms with Crippen LogP contribution in [-0.4, -0.2) is 25.9 Å². The molecule has 9 heteroatoms. The standard InChI is InChI=1S/C12H10O7S2/c13-20(14,15)11-7-3-1-5-9(11)19-10-6-2-4-8-12(10)21(16,17)18/h1-8H,(H,13,14,15)(H,16,17,18). The summed E-state index contributed by atoms with van der Waals surface area (Å²) in [5, 5.41) is 0. The van der Waals surface area contributed by atoms with E-state index in [0.717, 1.165) is 12.1 Å². The SMILES string of the molecule is O=S(=O)(O)c1ccccc1Oc1ccccc1S(=O)(=O)O. The second-order valence-corrected chi connectivity index (χ2v) is 6.73. The lowest BCUT2D eigenvalue weighted by atomic mass is 10.3. The summed E-state index contributed by atoms with van der Waals surface area (Å²) in [7, 11) is -9.08. The van der Waals surface area contributed by atoms with Gasteiger partial charge in [-0.1, -0.05) is 24.3 Å². The van der Waals surface area contributed by atoms with Crippen LogP contribution < -0.4 is 4.74 Å². The number of para-hydroxylation sites is 2. The van der Waals surface area contributed by atoms with Crippen molar-refractivity contribution in [3.05, 3.63) is 48.5 Å². The molecule has 0 aromatic heterocycles. The first-order chi connectivity index (χ1) is 9.69. The summed E-state index contributed by atoms with van der Waals surface area (Å²) in [5.41, 5.74) is 0. The van der Waals surface area contributed by atoms with Gasteiger partial charge in [-0.15, -0.1) is 0 Å². The molecule has 2 aromatic carbocycles. The molecule has 2 aromatic rings. The number of ether oxygens (including phenoxy) is 1. The van der Waals surface area contributed by atoms with Gasteiger partial charge >= 0.3 is 0 Å². The minimum absolute atomic E-state index is 0.267. The molecule has 0 atom stereocenters. The summed E-state index contributed by atoms with van der Waals surface area (Å²) in [6, 6.07) is 10.3. The molecular formula is C12H10O7S2. The van der Waals surface area contributed by atoms with Gasteiger partial charge < -0.3 is 4.74 Å². The zero-order valence-electron chi connectivity index (χ0n) is 10.4. The molecule has 0 radical (unpaired) electrons. The Morgan fingerprint density at radius 3 is 1.33 bits per heavy atom. The zero-order chi connectivity index (χ0) is 15.7. The Balaban J connectivity index is 2.56. The smallest absolute Gasteiger partial charge is 0.298 e. The van der Waals surface area contributed by atoms with Crippen LogP contribution in [0.25, 0.3) is 0 Å². The topological polar surface area (TPSA) is 118 Å². The highest BCUT2D eigenvalue weighted by atomic mass is 32.2. The third-order valence-corrected chi connectivity index (χ3v) is 4.26. The summed E-state index contributed by atoms with van der Waals surface area (Å²) in [6.45, 7) is 0. The molecule has 0 saturated carbocycles. The fourth-order valence-corrected chi connectivity index (χ4v) is 2.84. The monoisotopic (exact) mass is 330 g/mol. The number of hydrogen-bond acceptors (Lipinski definition) is 5. The van der Waals surface area contributed by atoms with Crippen molar-refractivity contribution in [3.63, 3.8) is 0 Å². The molecule has 0 spiro atoms. The van der Waals surface area contributed by atoms with Crippen molar-refractivity contribution >= 4 is 20.2 Å². The van der Waals surface area contributed by atoms with Crippen LogP contribution in [0, 0.1) is 0 Å². The fraction of sp³-hybridized carbons (Fsp3) is 0. The molecular weight excluding hydrogens is 320 g/mol. The fourth-order valence-electron chi connectivity index (χ4n) is 1.61. The van der Waals surface area contributed by atoms with Crippen molar-refractivity contribution in [1.29, 1.82) is 0 Å². The summed E-state index contributed by atoms with van der Waals surface area (Å²) in [5.74, 6) is -0.535. The van der Waals surface area contributed by atoms with Gasteiger partial charge in [-0.3, -0.25) is 9.11 Å². The first-order valence-electron chi connectivity index (χ1n) is 5.50. The lowest BCUT2D eigenvalue weighted by Gasteiger charge is -2.11. The molecule has 0 heterocycles. The van der Waals surface area contributed by atoms with Crippen molar-refractivity contribution in [1.82, 2.24) is 0 Å². The van der Waals surface area contributed by atoms with Gasteiger partial charge in [0, 0.05) is 0 Å². The Morgan fingerprint density at radius 1 is 0.667 bits per heavy atom. The third kappa shape index (κ3) is 3.58. The van der Waals surface area contributed by atoms with E-state index >= 15 is 0 Å². The predicted molar refractivity (Wildman–Crippen MR) is 72.6 cm³/mol. The van der Waals surface area contributed by atoms with Crippen LogP contribution in [0.15, 0.2) is 58.3 Å². The molecule has 0 fully saturated rings. The van der Waals surface area contributed by atoms with Gasteiger partial charge in [0.05, 0.1) is 0 Å². The van der Waals surface area contributed by atoms with E-state index in [4.69, 9.17) is 13.8 Å². The van der Waals surface area contributed by atoms with E-state index in [2.05, 4.69) is 0 Å². The van der Waals surface area contributed by atoms with E-state index in [9.17, 15) is 16.8 Å². The molecule has 0 unspecified atom stereocenters. The number of benzene rings is 2. The van der Waals surface area contributed by atoms with Crippen LogP contribution in [0.2, 0.25) is 0 Å². The Bertz CT molecular complexity index is 796. The van der Waals surface area contributed by atoms with E-state index in [0.29, 0.717) is 0 Å². The first-order valence-corrected chi connectivity index (χ1v) is 8.38. The molecule has 2 N–H and O–H groups in total. The third-order valence-electron chi connectivity index (χ3n) is 2.47. The molecule has 7 nitrogen and oxygen atoms in total. The van der Waals surface area contributed by atoms with E-state index in [1.807, 2.05) is 0 Å². The molecule has 0 saturated heterocycles. The van der Waals surface area contributed by atoms with E-state index in [-0.39, 0.29) is 11.5 Å². The Labute approximate surface area is 121 Å². The molecule has 0 aliphatic heterocycles. The van der Waals surface area contributed by atoms with Gasteiger partial charge in [0.25, 0.3) is 20.2 Å². The minimum atomic E-state index is -4.54. The van der Waals surface area contributed by atoms with Crippen LogP contribution in [0.1, 0.15) is 0 Å². The van der Waals surface area contributed by atoms with Gasteiger partial charge in [0.2, 0.25) is 0 Å². The van der Waals surface area contributed by atoms with Crippen molar-refractivity contribution in [2.24, 2.45) is 0 Å². The van der Waals surface area contributed by atoms with Gasteiger partial charge in [-0.2, -0.15) is 16.8 Å². The summed E-state index contributed by atoms with van der Waals surface area (Å²) < 4.78 is 68.4. The maximum atomic E-state index is 11.2. The van der Waals surface area contributed by atoms with E-state index < -0.39 is 30.0 Å². The van der Waals surface area contributed by atoms with Gasteiger partial charge in [0.15, 0.2) is 0 Å². The highest BCUT2D eigenvalue weighted by molar-refractivity contribution is 7.86. The van der Waals surface area contributed by atoms with Gasteiger partial charge in [-0.25, -0.2) is 0 Å². The highest BCUT2D eigenvalue weighted by Gasteiger charge is 2.20. The highest BCUT2D eigenvalue weighted by Crippen LogP contribution is 2.32. The summed E-state index contributed by atoms with van der Waals surface area (Å²) in [4.78, 5) is -1.04. The number of rotatable bonds is 4. The summed E-state index contributed by atoms with van der Waals surface area (Å²) >= 11 is 0. The van der Waals surface area contributed by atoms with Crippen LogP contribution in [-0.2, 0) is 20.2 Å². The second-order valence-electron chi connectivity index (χ2n) is 3.95. The minimum Gasteiger partial charge on any atom is -0.454 e. The molecule has 21 heavy (non-hydrogen) atoms. The summed E-state index contributed by atoms with van der Waals surface area (Å²) in [6.07, 6.45) is 0. The Morgan fingerprint density at radius 2 is 1.00 bits per heavy atom. The van der Waals surface area contributed by atoms with E-state index in [1.54, 1.807) is 0 Å². The largest absolute Gasteiger partial charge is 0.454 e. The van der Waals surface area contributed by atoms with Crippen molar-refractivity contribution in [2.45, 2.75) is 9.79 Å². The quantitative estimate of drug-likeness (QED) is 0.823. The molecule has 0 amide bonds. The Kier molecular flexibility index (Phi) is 4.01. The van der Waals surface area contributed by atoms with Crippen molar-refractivity contribution < 1.29 is 30.7 Å². The lowest BCUT2D eigenvalue weighted by molar-refractivity contribution is 0.434. The van der Waals surface area contributed by atoms with Crippen molar-refractivity contribution in [3.8, 4) is 11.5 Å². The van der Waals surface area contributed by atoms with E-state index in [1.165, 1.54) is 36.4 Å². The predicted octanol–water partition coefficient (Wildman–Crippen LogP) is 1.97.